The molecule has 0 aromatic rings. The average Bonchev–Trinajstić information content (AvgIpc) is 1.79. The van der Waals surface area contributed by atoms with E-state index < -0.39 is 27.8 Å². The number of hydrogen-bond donors (Lipinski definition) is 0. The molecule has 2 nitrogen and oxygen atoms in total. The van der Waals surface area contributed by atoms with Gasteiger partial charge in [0.15, 0.2) is 0 Å². The summed E-state index contributed by atoms with van der Waals surface area (Å²) in [6.07, 6.45) is -0.233. The maximum atomic E-state index is 12.3. The molecule has 0 aromatic heterocycles. The number of halogens is 3. The van der Waals surface area contributed by atoms with Crippen molar-refractivity contribution in [3.63, 3.8) is 0 Å². The van der Waals surface area contributed by atoms with E-state index in [1.165, 1.54) is 0 Å². The van der Waals surface area contributed by atoms with Crippen LogP contribution in [0.1, 0.15) is 12.8 Å². The van der Waals surface area contributed by atoms with Crippen molar-refractivity contribution in [1.82, 2.24) is 0 Å². The Balaban J connectivity index is 2.53. The highest BCUT2D eigenvalue weighted by molar-refractivity contribution is 7.86. The molecule has 11 heavy (non-hydrogen) atoms. The Hall–Kier alpha value is -0.260. The van der Waals surface area contributed by atoms with Crippen LogP contribution in [-0.4, -0.2) is 20.1 Å². The van der Waals surface area contributed by atoms with Crippen LogP contribution < -0.4 is 0 Å². The maximum absolute atomic E-state index is 12.3. The van der Waals surface area contributed by atoms with Gasteiger partial charge in [-0.15, -0.1) is 3.89 Å². The number of alkyl halides is 2. The van der Waals surface area contributed by atoms with Crippen molar-refractivity contribution in [2.45, 2.75) is 18.8 Å². The fourth-order valence-electron chi connectivity index (χ4n) is 1.01. The Morgan fingerprint density at radius 1 is 1.45 bits per heavy atom. The molecule has 0 heterocycles. The molecule has 1 aliphatic carbocycles. The first kappa shape index (κ1) is 8.83. The summed E-state index contributed by atoms with van der Waals surface area (Å²) in [5.41, 5.74) is 0. The second-order valence-electron chi connectivity index (χ2n) is 2.70. The highest BCUT2D eigenvalue weighted by Crippen LogP contribution is 2.44. The van der Waals surface area contributed by atoms with Gasteiger partial charge in [0.25, 0.3) is 5.92 Å². The minimum atomic E-state index is -4.74. The monoisotopic (exact) mass is 188 g/mol. The van der Waals surface area contributed by atoms with Crippen molar-refractivity contribution in [2.75, 3.05) is 5.75 Å². The molecule has 0 bridgehead atoms. The lowest BCUT2D eigenvalue weighted by atomic mass is 9.82. The molecule has 0 aromatic carbocycles. The fraction of sp³-hybridized carbons (Fsp3) is 1.00. The van der Waals surface area contributed by atoms with E-state index in [1.807, 2.05) is 0 Å². The first-order chi connectivity index (χ1) is 4.81. The molecule has 0 spiro atoms. The summed E-state index contributed by atoms with van der Waals surface area (Å²) in [5.74, 6) is -5.32. The van der Waals surface area contributed by atoms with Gasteiger partial charge in [-0.05, 0) is 6.42 Å². The molecule has 1 atom stereocenters. The van der Waals surface area contributed by atoms with Crippen LogP contribution in [0.2, 0.25) is 0 Å². The molecule has 1 fully saturated rings. The second-order valence-corrected chi connectivity index (χ2v) is 4.11. The van der Waals surface area contributed by atoms with Crippen LogP contribution in [0.25, 0.3) is 0 Å². The van der Waals surface area contributed by atoms with Gasteiger partial charge < -0.3 is 0 Å². The summed E-state index contributed by atoms with van der Waals surface area (Å²) in [5, 5.41) is 0. The quantitative estimate of drug-likeness (QED) is 0.612. The highest BCUT2D eigenvalue weighted by Gasteiger charge is 2.49. The Morgan fingerprint density at radius 2 is 2.00 bits per heavy atom. The SMILES string of the molecule is O=S(=O)(F)CC1CCC1(F)F. The van der Waals surface area contributed by atoms with Gasteiger partial charge in [-0.1, -0.05) is 0 Å². The van der Waals surface area contributed by atoms with Crippen LogP contribution in [0.5, 0.6) is 0 Å². The van der Waals surface area contributed by atoms with Crippen LogP contribution in [-0.2, 0) is 10.2 Å². The normalized spacial score (nSPS) is 29.5. The fourth-order valence-corrected chi connectivity index (χ4v) is 1.90. The Labute approximate surface area is 62.6 Å². The molecule has 0 N–H and O–H groups in total. The minimum absolute atomic E-state index is 0.0934. The van der Waals surface area contributed by atoms with Crippen molar-refractivity contribution < 1.29 is 21.1 Å². The summed E-state index contributed by atoms with van der Waals surface area (Å²) in [6, 6.07) is 0. The minimum Gasteiger partial charge on any atom is -0.207 e. The van der Waals surface area contributed by atoms with Gasteiger partial charge in [0.1, 0.15) is 0 Å². The summed E-state index contributed by atoms with van der Waals surface area (Å²) < 4.78 is 56.3. The number of hydrogen-bond acceptors (Lipinski definition) is 2. The molecule has 6 heteroatoms. The topological polar surface area (TPSA) is 34.1 Å². The van der Waals surface area contributed by atoms with E-state index >= 15 is 0 Å². The third kappa shape index (κ3) is 2.08. The van der Waals surface area contributed by atoms with E-state index in [0.717, 1.165) is 0 Å². The summed E-state index contributed by atoms with van der Waals surface area (Å²) in [7, 11) is -4.74. The van der Waals surface area contributed by atoms with Gasteiger partial charge in [-0.3, -0.25) is 0 Å². The largest absolute Gasteiger partial charge is 0.302 e. The molecule has 1 unspecified atom stereocenters. The molecule has 1 aliphatic rings. The third-order valence-electron chi connectivity index (χ3n) is 1.82. The Bertz CT molecular complexity index is 246. The summed E-state index contributed by atoms with van der Waals surface area (Å²) >= 11 is 0. The summed E-state index contributed by atoms with van der Waals surface area (Å²) in [6.45, 7) is 0. The number of rotatable bonds is 2. The van der Waals surface area contributed by atoms with Crippen LogP contribution in [0.4, 0.5) is 12.7 Å². The molecular weight excluding hydrogens is 181 g/mol. The van der Waals surface area contributed by atoms with Gasteiger partial charge in [0.05, 0.1) is 5.75 Å². The van der Waals surface area contributed by atoms with Crippen molar-refractivity contribution in [1.29, 1.82) is 0 Å². The zero-order valence-corrected chi connectivity index (χ0v) is 6.37. The van der Waals surface area contributed by atoms with Gasteiger partial charge >= 0.3 is 10.2 Å². The summed E-state index contributed by atoms with van der Waals surface area (Å²) in [4.78, 5) is 0. The molecule has 0 amide bonds. The Morgan fingerprint density at radius 3 is 2.09 bits per heavy atom. The lowest BCUT2D eigenvalue weighted by molar-refractivity contribution is -0.122. The zero-order valence-electron chi connectivity index (χ0n) is 5.56. The van der Waals surface area contributed by atoms with Gasteiger partial charge in [-0.2, -0.15) is 8.42 Å². The van der Waals surface area contributed by atoms with Gasteiger partial charge in [0, 0.05) is 12.3 Å². The average molecular weight is 188 g/mol. The molecule has 0 radical (unpaired) electrons. The first-order valence-electron chi connectivity index (χ1n) is 3.11. The lowest BCUT2D eigenvalue weighted by Crippen LogP contribution is -2.42. The van der Waals surface area contributed by atoms with Crippen LogP contribution >= 0.6 is 0 Å². The highest BCUT2D eigenvalue weighted by atomic mass is 32.3. The lowest BCUT2D eigenvalue weighted by Gasteiger charge is -2.34. The smallest absolute Gasteiger partial charge is 0.207 e. The van der Waals surface area contributed by atoms with Crippen LogP contribution in [0.3, 0.4) is 0 Å². The van der Waals surface area contributed by atoms with Crippen LogP contribution in [0.15, 0.2) is 0 Å². The van der Waals surface area contributed by atoms with Crippen molar-refractivity contribution in [2.24, 2.45) is 5.92 Å². The van der Waals surface area contributed by atoms with Crippen molar-refractivity contribution >= 4 is 10.2 Å². The second kappa shape index (κ2) is 2.36. The van der Waals surface area contributed by atoms with Gasteiger partial charge in [-0.25, -0.2) is 8.78 Å². The van der Waals surface area contributed by atoms with Crippen molar-refractivity contribution in [3.8, 4) is 0 Å². The molecule has 0 saturated heterocycles. The van der Waals surface area contributed by atoms with E-state index in [0.29, 0.717) is 0 Å². The zero-order chi connectivity index (χ0) is 8.70. The molecule has 1 saturated carbocycles. The van der Waals surface area contributed by atoms with E-state index in [2.05, 4.69) is 0 Å². The van der Waals surface area contributed by atoms with E-state index in [-0.39, 0.29) is 12.8 Å². The van der Waals surface area contributed by atoms with E-state index in [1.54, 1.807) is 0 Å². The molecular formula is C5H7F3O2S. The predicted octanol–water partition coefficient (Wildman–Crippen LogP) is 1.33. The van der Waals surface area contributed by atoms with Crippen LogP contribution in [0, 0.1) is 5.92 Å². The Kier molecular flexibility index (Phi) is 1.90. The molecule has 0 aliphatic heterocycles. The third-order valence-corrected chi connectivity index (χ3v) is 2.62. The van der Waals surface area contributed by atoms with E-state index in [9.17, 15) is 21.1 Å². The maximum Gasteiger partial charge on any atom is 0.302 e. The molecule has 1 rings (SSSR count). The predicted molar refractivity (Wildman–Crippen MR) is 32.6 cm³/mol. The molecule has 66 valence electrons. The van der Waals surface area contributed by atoms with Crippen molar-refractivity contribution in [3.05, 3.63) is 0 Å². The standard InChI is InChI=1S/C5H7F3O2S/c6-5(7)2-1-4(5)3-11(8,9)10/h4H,1-3H2. The first-order valence-corrected chi connectivity index (χ1v) is 4.67. The van der Waals surface area contributed by atoms with Gasteiger partial charge in [0.2, 0.25) is 0 Å². The van der Waals surface area contributed by atoms with E-state index in [4.69, 9.17) is 0 Å².